The number of carbonyl (C=O) groups is 1. The highest BCUT2D eigenvalue weighted by Gasteiger charge is 2.26. The lowest BCUT2D eigenvalue weighted by Crippen LogP contribution is -2.27. The molecule has 1 aliphatic rings. The number of amides is 1. The zero-order valence-electron chi connectivity index (χ0n) is 17.1. The van der Waals surface area contributed by atoms with Gasteiger partial charge in [-0.3, -0.25) is 4.79 Å². The Bertz CT molecular complexity index is 1160. The molecule has 1 aliphatic heterocycles. The summed E-state index contributed by atoms with van der Waals surface area (Å²) in [6, 6.07) is 24.4. The fourth-order valence-corrected chi connectivity index (χ4v) is 5.08. The fraction of sp³-hybridized carbons (Fsp3) is 0.160. The number of benzene rings is 3. The Balaban J connectivity index is 1.37. The molecule has 0 atom stereocenters. The van der Waals surface area contributed by atoms with Crippen LogP contribution in [0, 0.1) is 0 Å². The van der Waals surface area contributed by atoms with Gasteiger partial charge < -0.3 is 5.32 Å². The van der Waals surface area contributed by atoms with Crippen LogP contribution in [0.25, 0.3) is 17.2 Å². The highest BCUT2D eigenvalue weighted by atomic mass is 32.2. The topological polar surface area (TPSA) is 66.5 Å². The first-order valence-electron chi connectivity index (χ1n) is 10.3. The molecule has 0 bridgehead atoms. The molecule has 0 aromatic heterocycles. The summed E-state index contributed by atoms with van der Waals surface area (Å²) >= 11 is 0. The number of anilines is 1. The SMILES string of the molecule is O=C(/C=C/c1ccc(-c2ccccc2)cc1)Nc1ccc(S(=O)(=O)N2CCCC2)cc1. The predicted octanol–water partition coefficient (Wildman–Crippen LogP) is 4.79. The summed E-state index contributed by atoms with van der Waals surface area (Å²) in [6.07, 6.45) is 5.01. The number of nitrogens with zero attached hydrogens (tertiary/aromatic N) is 1. The Hall–Kier alpha value is -3.22. The second-order valence-corrected chi connectivity index (χ2v) is 9.38. The summed E-state index contributed by atoms with van der Waals surface area (Å²) in [7, 11) is -3.45. The average Bonchev–Trinajstić information content (AvgIpc) is 3.35. The van der Waals surface area contributed by atoms with Gasteiger partial charge in [0.1, 0.15) is 0 Å². The van der Waals surface area contributed by atoms with Gasteiger partial charge in [-0.25, -0.2) is 8.42 Å². The summed E-state index contributed by atoms with van der Waals surface area (Å²) < 4.78 is 26.6. The fourth-order valence-electron chi connectivity index (χ4n) is 3.56. The summed E-state index contributed by atoms with van der Waals surface area (Å²) in [4.78, 5) is 12.5. The molecule has 0 spiro atoms. The largest absolute Gasteiger partial charge is 0.323 e. The average molecular weight is 433 g/mol. The minimum absolute atomic E-state index is 0.251. The van der Waals surface area contributed by atoms with Crippen LogP contribution in [0.15, 0.2) is 89.8 Å². The van der Waals surface area contributed by atoms with E-state index in [0.29, 0.717) is 18.8 Å². The predicted molar refractivity (Wildman–Crippen MR) is 124 cm³/mol. The van der Waals surface area contributed by atoms with E-state index in [1.807, 2.05) is 42.5 Å². The van der Waals surface area contributed by atoms with Gasteiger partial charge >= 0.3 is 0 Å². The van der Waals surface area contributed by atoms with Crippen LogP contribution in [0.5, 0.6) is 0 Å². The van der Waals surface area contributed by atoms with Gasteiger partial charge in [0.2, 0.25) is 15.9 Å². The van der Waals surface area contributed by atoms with E-state index < -0.39 is 10.0 Å². The maximum absolute atomic E-state index is 12.6. The van der Waals surface area contributed by atoms with E-state index in [2.05, 4.69) is 17.4 Å². The molecule has 3 aromatic carbocycles. The third kappa shape index (κ3) is 5.10. The second kappa shape index (κ2) is 9.29. The molecule has 1 fully saturated rings. The minimum Gasteiger partial charge on any atom is -0.323 e. The van der Waals surface area contributed by atoms with Gasteiger partial charge in [-0.15, -0.1) is 0 Å². The third-order valence-corrected chi connectivity index (χ3v) is 7.18. The molecule has 1 heterocycles. The van der Waals surface area contributed by atoms with Crippen molar-refractivity contribution in [1.82, 2.24) is 4.31 Å². The van der Waals surface area contributed by atoms with Crippen LogP contribution in [0.2, 0.25) is 0 Å². The van der Waals surface area contributed by atoms with Gasteiger partial charge in [0.25, 0.3) is 0 Å². The number of carbonyl (C=O) groups excluding carboxylic acids is 1. The van der Waals surface area contributed by atoms with Crippen molar-refractivity contribution in [3.63, 3.8) is 0 Å². The smallest absolute Gasteiger partial charge is 0.248 e. The maximum atomic E-state index is 12.6. The quantitative estimate of drug-likeness (QED) is 0.570. The number of hydrogen-bond acceptors (Lipinski definition) is 3. The molecule has 5 nitrogen and oxygen atoms in total. The van der Waals surface area contributed by atoms with Gasteiger partial charge in [0, 0.05) is 24.9 Å². The molecule has 1 saturated heterocycles. The van der Waals surface area contributed by atoms with E-state index >= 15 is 0 Å². The Morgan fingerprint density at radius 2 is 1.42 bits per heavy atom. The molecular formula is C25H24N2O3S. The highest BCUT2D eigenvalue weighted by molar-refractivity contribution is 7.89. The first kappa shape index (κ1) is 21.0. The lowest BCUT2D eigenvalue weighted by atomic mass is 10.0. The first-order chi connectivity index (χ1) is 15.0. The molecule has 4 rings (SSSR count). The van der Waals surface area contributed by atoms with E-state index in [4.69, 9.17) is 0 Å². The van der Waals surface area contributed by atoms with Gasteiger partial charge in [-0.2, -0.15) is 4.31 Å². The Morgan fingerprint density at radius 3 is 2.06 bits per heavy atom. The van der Waals surface area contributed by atoms with Crippen molar-refractivity contribution in [3.05, 3.63) is 90.5 Å². The summed E-state index contributed by atoms with van der Waals surface area (Å²) in [5, 5.41) is 2.76. The molecule has 158 valence electrons. The minimum atomic E-state index is -3.45. The standard InChI is InChI=1S/C25H24N2O3S/c28-25(17-10-20-8-11-22(12-9-20)21-6-2-1-3-7-21)26-23-13-15-24(16-14-23)31(29,30)27-18-4-5-19-27/h1-3,6-17H,4-5,18-19H2,(H,26,28)/b17-10+. The van der Waals surface area contributed by atoms with Gasteiger partial charge in [-0.05, 0) is 59.9 Å². The summed E-state index contributed by atoms with van der Waals surface area (Å²) in [5.41, 5.74) is 3.73. The van der Waals surface area contributed by atoms with Gasteiger partial charge in [-0.1, -0.05) is 54.6 Å². The van der Waals surface area contributed by atoms with E-state index in [0.717, 1.165) is 29.5 Å². The monoisotopic (exact) mass is 432 g/mol. The molecule has 6 heteroatoms. The van der Waals surface area contributed by atoms with Crippen molar-refractivity contribution in [2.75, 3.05) is 18.4 Å². The van der Waals surface area contributed by atoms with Crippen LogP contribution >= 0.6 is 0 Å². The normalized spacial score (nSPS) is 14.7. The number of hydrogen-bond donors (Lipinski definition) is 1. The van der Waals surface area contributed by atoms with E-state index in [1.54, 1.807) is 18.2 Å². The maximum Gasteiger partial charge on any atom is 0.248 e. The lowest BCUT2D eigenvalue weighted by molar-refractivity contribution is -0.111. The first-order valence-corrected chi connectivity index (χ1v) is 11.7. The zero-order valence-corrected chi connectivity index (χ0v) is 17.9. The third-order valence-electron chi connectivity index (χ3n) is 5.27. The Morgan fingerprint density at radius 1 is 0.806 bits per heavy atom. The van der Waals surface area contributed by atoms with E-state index in [-0.39, 0.29) is 10.8 Å². The number of rotatable bonds is 6. The lowest BCUT2D eigenvalue weighted by Gasteiger charge is -2.15. The van der Waals surface area contributed by atoms with Crippen LogP contribution in [-0.4, -0.2) is 31.7 Å². The van der Waals surface area contributed by atoms with E-state index in [1.165, 1.54) is 22.5 Å². The van der Waals surface area contributed by atoms with Crippen molar-refractivity contribution in [1.29, 1.82) is 0 Å². The molecular weight excluding hydrogens is 408 g/mol. The molecule has 1 amide bonds. The van der Waals surface area contributed by atoms with Crippen LogP contribution in [0.4, 0.5) is 5.69 Å². The number of nitrogens with one attached hydrogen (secondary N) is 1. The molecule has 31 heavy (non-hydrogen) atoms. The second-order valence-electron chi connectivity index (χ2n) is 7.45. The Kier molecular flexibility index (Phi) is 6.30. The van der Waals surface area contributed by atoms with Crippen LogP contribution in [0.3, 0.4) is 0 Å². The summed E-state index contributed by atoms with van der Waals surface area (Å²) in [6.45, 7) is 1.13. The zero-order chi connectivity index (χ0) is 21.7. The number of sulfonamides is 1. The highest BCUT2D eigenvalue weighted by Crippen LogP contribution is 2.22. The van der Waals surface area contributed by atoms with Crippen molar-refractivity contribution < 1.29 is 13.2 Å². The van der Waals surface area contributed by atoms with E-state index in [9.17, 15) is 13.2 Å². The van der Waals surface area contributed by atoms with Crippen molar-refractivity contribution in [2.45, 2.75) is 17.7 Å². The van der Waals surface area contributed by atoms with Gasteiger partial charge in [0.05, 0.1) is 4.90 Å². The molecule has 0 saturated carbocycles. The summed E-state index contributed by atoms with van der Waals surface area (Å²) in [5.74, 6) is -0.276. The molecule has 0 radical (unpaired) electrons. The molecule has 0 unspecified atom stereocenters. The van der Waals surface area contributed by atoms with Crippen molar-refractivity contribution in [2.24, 2.45) is 0 Å². The van der Waals surface area contributed by atoms with Crippen LogP contribution in [-0.2, 0) is 14.8 Å². The van der Waals surface area contributed by atoms with Gasteiger partial charge in [0.15, 0.2) is 0 Å². The van der Waals surface area contributed by atoms with Crippen molar-refractivity contribution in [3.8, 4) is 11.1 Å². The Labute approximate surface area is 183 Å². The van der Waals surface area contributed by atoms with Crippen LogP contribution < -0.4 is 5.32 Å². The van der Waals surface area contributed by atoms with Crippen LogP contribution in [0.1, 0.15) is 18.4 Å². The van der Waals surface area contributed by atoms with Crippen molar-refractivity contribution >= 4 is 27.7 Å². The molecule has 1 N–H and O–H groups in total. The molecule has 3 aromatic rings. The molecule has 0 aliphatic carbocycles.